The summed E-state index contributed by atoms with van der Waals surface area (Å²) in [6.45, 7) is 0.938. The zero-order valence-corrected chi connectivity index (χ0v) is 8.86. The van der Waals surface area contributed by atoms with E-state index in [2.05, 4.69) is 15.3 Å². The Morgan fingerprint density at radius 3 is 2.46 bits per heavy atom. The third-order valence-corrected chi connectivity index (χ3v) is 1.92. The van der Waals surface area contributed by atoms with Crippen LogP contribution in [0.15, 0.2) is 6.07 Å². The number of nitrogens with zero attached hydrogens (tertiary/aromatic N) is 2. The smallest absolute Gasteiger partial charge is 0.134 e. The van der Waals surface area contributed by atoms with E-state index >= 15 is 0 Å². The molecule has 0 radical (unpaired) electrons. The van der Waals surface area contributed by atoms with Gasteiger partial charge in [-0.1, -0.05) is 23.2 Å². The van der Waals surface area contributed by atoms with Gasteiger partial charge in [0.15, 0.2) is 0 Å². The van der Waals surface area contributed by atoms with E-state index < -0.39 is 0 Å². The number of hydrogen-bond acceptors (Lipinski definition) is 3. The van der Waals surface area contributed by atoms with Crippen LogP contribution in [0, 0.1) is 0 Å². The second-order valence-corrected chi connectivity index (χ2v) is 3.41. The molecule has 0 aliphatic carbocycles. The molecule has 0 spiro atoms. The normalized spacial score (nSPS) is 10.4. The summed E-state index contributed by atoms with van der Waals surface area (Å²) in [6.07, 6.45) is 1.77. The van der Waals surface area contributed by atoms with E-state index in [1.54, 1.807) is 0 Å². The Labute approximate surface area is 87.5 Å². The van der Waals surface area contributed by atoms with Crippen molar-refractivity contribution in [1.29, 1.82) is 0 Å². The minimum Gasteiger partial charge on any atom is -0.320 e. The van der Waals surface area contributed by atoms with Crippen molar-refractivity contribution in [3.8, 4) is 0 Å². The van der Waals surface area contributed by atoms with Gasteiger partial charge in [0.1, 0.15) is 16.1 Å². The van der Waals surface area contributed by atoms with Crippen LogP contribution in [0.4, 0.5) is 0 Å². The first-order chi connectivity index (χ1) is 6.22. The quantitative estimate of drug-likeness (QED) is 0.622. The number of rotatable bonds is 4. The maximum absolute atomic E-state index is 5.71. The Balaban J connectivity index is 2.56. The molecule has 0 unspecified atom stereocenters. The maximum atomic E-state index is 5.71. The second-order valence-electron chi connectivity index (χ2n) is 2.64. The summed E-state index contributed by atoms with van der Waals surface area (Å²) in [6, 6.07) is 1.53. The largest absolute Gasteiger partial charge is 0.320 e. The molecule has 1 aromatic rings. The standard InChI is InChI=1S/C8H11Cl2N3/c1-11-4-2-3-8-12-6(9)5-7(10)13-8/h5,11H,2-4H2,1H3. The molecule has 0 aromatic carbocycles. The van der Waals surface area contributed by atoms with Crippen molar-refractivity contribution in [2.75, 3.05) is 13.6 Å². The first-order valence-corrected chi connectivity index (χ1v) is 4.81. The van der Waals surface area contributed by atoms with Gasteiger partial charge < -0.3 is 5.32 Å². The van der Waals surface area contributed by atoms with Crippen molar-refractivity contribution in [1.82, 2.24) is 15.3 Å². The van der Waals surface area contributed by atoms with Crippen LogP contribution in [0.3, 0.4) is 0 Å². The first-order valence-electron chi connectivity index (χ1n) is 4.06. The molecule has 0 aliphatic heterocycles. The summed E-state index contributed by atoms with van der Waals surface area (Å²) in [5.74, 6) is 0.702. The summed E-state index contributed by atoms with van der Waals surface area (Å²) in [4.78, 5) is 8.10. The molecule has 0 amide bonds. The van der Waals surface area contributed by atoms with Gasteiger partial charge in [-0.2, -0.15) is 0 Å². The summed E-state index contributed by atoms with van der Waals surface area (Å²) in [5.41, 5.74) is 0. The highest BCUT2D eigenvalue weighted by atomic mass is 35.5. The van der Waals surface area contributed by atoms with Crippen LogP contribution in [0.5, 0.6) is 0 Å². The molecule has 0 saturated carbocycles. The van der Waals surface area contributed by atoms with Gasteiger partial charge in [0.2, 0.25) is 0 Å². The molecule has 13 heavy (non-hydrogen) atoms. The molecular weight excluding hydrogens is 209 g/mol. The Bertz CT molecular complexity index is 258. The van der Waals surface area contributed by atoms with E-state index in [0.717, 1.165) is 19.4 Å². The monoisotopic (exact) mass is 219 g/mol. The van der Waals surface area contributed by atoms with Crippen molar-refractivity contribution in [3.05, 3.63) is 22.2 Å². The lowest BCUT2D eigenvalue weighted by molar-refractivity contribution is 0.702. The highest BCUT2D eigenvalue weighted by Crippen LogP contribution is 2.12. The molecule has 0 bridgehead atoms. The van der Waals surface area contributed by atoms with Crippen LogP contribution in [0.2, 0.25) is 10.3 Å². The maximum Gasteiger partial charge on any atom is 0.134 e. The fourth-order valence-corrected chi connectivity index (χ4v) is 1.43. The Hall–Kier alpha value is -0.380. The lowest BCUT2D eigenvalue weighted by Gasteiger charge is -2.00. The van der Waals surface area contributed by atoms with E-state index in [-0.39, 0.29) is 0 Å². The predicted octanol–water partition coefficient (Wildman–Crippen LogP) is 1.94. The number of halogens is 2. The molecule has 0 fully saturated rings. The highest BCUT2D eigenvalue weighted by Gasteiger charge is 2.00. The van der Waals surface area contributed by atoms with Gasteiger partial charge in [0.05, 0.1) is 0 Å². The Morgan fingerprint density at radius 2 is 1.92 bits per heavy atom. The summed E-state index contributed by atoms with van der Waals surface area (Å²) in [7, 11) is 1.91. The van der Waals surface area contributed by atoms with Crippen LogP contribution in [0.25, 0.3) is 0 Å². The van der Waals surface area contributed by atoms with Crippen LogP contribution in [0.1, 0.15) is 12.2 Å². The SMILES string of the molecule is CNCCCc1nc(Cl)cc(Cl)n1. The highest BCUT2D eigenvalue weighted by molar-refractivity contribution is 6.33. The Morgan fingerprint density at radius 1 is 1.31 bits per heavy atom. The van der Waals surface area contributed by atoms with Gasteiger partial charge in [-0.05, 0) is 20.0 Å². The van der Waals surface area contributed by atoms with Crippen molar-refractivity contribution in [3.63, 3.8) is 0 Å². The molecule has 1 rings (SSSR count). The fourth-order valence-electron chi connectivity index (χ4n) is 0.969. The van der Waals surface area contributed by atoms with Gasteiger partial charge in [-0.25, -0.2) is 9.97 Å². The molecule has 1 heterocycles. The van der Waals surface area contributed by atoms with E-state index in [1.807, 2.05) is 7.05 Å². The molecule has 72 valence electrons. The molecule has 3 nitrogen and oxygen atoms in total. The van der Waals surface area contributed by atoms with Gasteiger partial charge >= 0.3 is 0 Å². The average Bonchev–Trinajstić information content (AvgIpc) is 2.03. The number of hydrogen-bond donors (Lipinski definition) is 1. The van der Waals surface area contributed by atoms with E-state index in [4.69, 9.17) is 23.2 Å². The van der Waals surface area contributed by atoms with Crippen LogP contribution < -0.4 is 5.32 Å². The van der Waals surface area contributed by atoms with Crippen molar-refractivity contribution in [2.24, 2.45) is 0 Å². The molecule has 1 aromatic heterocycles. The Kier molecular flexibility index (Phi) is 4.42. The fraction of sp³-hybridized carbons (Fsp3) is 0.500. The van der Waals surface area contributed by atoms with Crippen molar-refractivity contribution < 1.29 is 0 Å². The average molecular weight is 220 g/mol. The summed E-state index contributed by atoms with van der Waals surface area (Å²) < 4.78 is 0. The molecule has 0 saturated heterocycles. The van der Waals surface area contributed by atoms with Crippen LogP contribution in [-0.4, -0.2) is 23.6 Å². The third-order valence-electron chi connectivity index (χ3n) is 1.54. The van der Waals surface area contributed by atoms with Crippen LogP contribution >= 0.6 is 23.2 Å². The lowest BCUT2D eigenvalue weighted by Crippen LogP contribution is -2.09. The summed E-state index contributed by atoms with van der Waals surface area (Å²) >= 11 is 11.4. The van der Waals surface area contributed by atoms with E-state index in [1.165, 1.54) is 6.07 Å². The van der Waals surface area contributed by atoms with Crippen molar-refractivity contribution >= 4 is 23.2 Å². The molecule has 5 heteroatoms. The predicted molar refractivity (Wildman–Crippen MR) is 54.3 cm³/mol. The minimum atomic E-state index is 0.402. The zero-order chi connectivity index (χ0) is 9.68. The van der Waals surface area contributed by atoms with Gasteiger partial charge in [0, 0.05) is 12.5 Å². The second kappa shape index (κ2) is 5.37. The third kappa shape index (κ3) is 3.89. The lowest BCUT2D eigenvalue weighted by atomic mass is 10.3. The van der Waals surface area contributed by atoms with E-state index in [9.17, 15) is 0 Å². The molecule has 0 atom stereocenters. The van der Waals surface area contributed by atoms with Crippen molar-refractivity contribution in [2.45, 2.75) is 12.8 Å². The van der Waals surface area contributed by atoms with Crippen LogP contribution in [-0.2, 0) is 6.42 Å². The number of aromatic nitrogens is 2. The molecular formula is C8H11Cl2N3. The molecule has 1 N–H and O–H groups in total. The zero-order valence-electron chi connectivity index (χ0n) is 7.35. The number of aryl methyl sites for hydroxylation is 1. The summed E-state index contributed by atoms with van der Waals surface area (Å²) in [5, 5.41) is 3.85. The minimum absolute atomic E-state index is 0.402. The topological polar surface area (TPSA) is 37.8 Å². The van der Waals surface area contributed by atoms with Gasteiger partial charge in [-0.15, -0.1) is 0 Å². The van der Waals surface area contributed by atoms with Gasteiger partial charge in [0.25, 0.3) is 0 Å². The molecule has 0 aliphatic rings. The first kappa shape index (κ1) is 10.7. The number of nitrogens with one attached hydrogen (secondary N) is 1. The van der Waals surface area contributed by atoms with Gasteiger partial charge in [-0.3, -0.25) is 0 Å². The van der Waals surface area contributed by atoms with E-state index in [0.29, 0.717) is 16.1 Å².